The van der Waals surface area contributed by atoms with Crippen molar-refractivity contribution in [2.75, 3.05) is 19.3 Å². The van der Waals surface area contributed by atoms with Crippen molar-refractivity contribution in [3.8, 4) is 0 Å². The number of nitrogens with one attached hydrogen (secondary N) is 2. The summed E-state index contributed by atoms with van der Waals surface area (Å²) in [5.41, 5.74) is 1.76. The molecule has 5 heteroatoms. The third kappa shape index (κ3) is 5.79. The lowest BCUT2D eigenvalue weighted by Crippen LogP contribution is -2.37. The first-order valence-electron chi connectivity index (χ1n) is 6.30. The van der Waals surface area contributed by atoms with E-state index in [-0.39, 0.29) is 18.4 Å². The van der Waals surface area contributed by atoms with Gasteiger partial charge in [0.1, 0.15) is 0 Å². The molecule has 0 unspecified atom stereocenters. The van der Waals surface area contributed by atoms with E-state index < -0.39 is 0 Å². The van der Waals surface area contributed by atoms with E-state index in [4.69, 9.17) is 0 Å². The summed E-state index contributed by atoms with van der Waals surface area (Å²) < 4.78 is 0. The molecule has 0 saturated heterocycles. The molecule has 104 valence electrons. The number of hydrogen-bond donors (Lipinski definition) is 2. The Morgan fingerprint density at radius 1 is 1.16 bits per heavy atom. The van der Waals surface area contributed by atoms with Crippen molar-refractivity contribution < 1.29 is 9.59 Å². The molecule has 0 heterocycles. The predicted octanol–water partition coefficient (Wildman–Crippen LogP) is 1.81. The van der Waals surface area contributed by atoms with E-state index in [2.05, 4.69) is 10.6 Å². The Morgan fingerprint density at radius 2 is 1.84 bits per heavy atom. The summed E-state index contributed by atoms with van der Waals surface area (Å²) in [6.45, 7) is 2.64. The van der Waals surface area contributed by atoms with Crippen LogP contribution in [-0.2, 0) is 10.5 Å². The molecule has 0 fully saturated rings. The SMILES string of the molecule is CCCNC(=O)CNC(=O)c1ccc(CSC)cc1. The smallest absolute Gasteiger partial charge is 0.251 e. The van der Waals surface area contributed by atoms with Crippen LogP contribution in [0.3, 0.4) is 0 Å². The number of thioether (sulfide) groups is 1. The molecule has 2 amide bonds. The molecule has 0 aliphatic carbocycles. The average Bonchev–Trinajstić information content (AvgIpc) is 2.43. The van der Waals surface area contributed by atoms with Gasteiger partial charge in [0.15, 0.2) is 0 Å². The first-order valence-corrected chi connectivity index (χ1v) is 7.69. The lowest BCUT2D eigenvalue weighted by Gasteiger charge is -2.06. The Morgan fingerprint density at radius 3 is 2.42 bits per heavy atom. The third-order valence-corrected chi connectivity index (χ3v) is 3.13. The van der Waals surface area contributed by atoms with Crippen LogP contribution in [0.4, 0.5) is 0 Å². The van der Waals surface area contributed by atoms with E-state index in [0.717, 1.165) is 12.2 Å². The highest BCUT2D eigenvalue weighted by atomic mass is 32.2. The molecule has 0 saturated carbocycles. The van der Waals surface area contributed by atoms with Crippen molar-refractivity contribution in [2.24, 2.45) is 0 Å². The topological polar surface area (TPSA) is 58.2 Å². The molecule has 0 atom stereocenters. The van der Waals surface area contributed by atoms with Gasteiger partial charge in [0.25, 0.3) is 5.91 Å². The zero-order valence-electron chi connectivity index (χ0n) is 11.4. The second-order valence-electron chi connectivity index (χ2n) is 4.16. The van der Waals surface area contributed by atoms with Crippen LogP contribution in [0.5, 0.6) is 0 Å². The number of carbonyl (C=O) groups excluding carboxylic acids is 2. The second-order valence-corrected chi connectivity index (χ2v) is 5.03. The summed E-state index contributed by atoms with van der Waals surface area (Å²) in [5.74, 6) is 0.554. The van der Waals surface area contributed by atoms with E-state index in [9.17, 15) is 9.59 Å². The highest BCUT2D eigenvalue weighted by Crippen LogP contribution is 2.10. The van der Waals surface area contributed by atoms with Crippen LogP contribution in [0, 0.1) is 0 Å². The summed E-state index contributed by atoms with van der Waals surface area (Å²) >= 11 is 1.74. The summed E-state index contributed by atoms with van der Waals surface area (Å²) in [4.78, 5) is 23.1. The van der Waals surface area contributed by atoms with Crippen molar-refractivity contribution in [3.63, 3.8) is 0 Å². The van der Waals surface area contributed by atoms with Gasteiger partial charge in [0.05, 0.1) is 6.54 Å². The molecular formula is C14H20N2O2S. The van der Waals surface area contributed by atoms with Crippen molar-refractivity contribution in [1.82, 2.24) is 10.6 Å². The molecule has 0 radical (unpaired) electrons. The molecule has 2 N–H and O–H groups in total. The molecule has 0 aromatic heterocycles. The third-order valence-electron chi connectivity index (χ3n) is 2.51. The zero-order valence-corrected chi connectivity index (χ0v) is 12.2. The van der Waals surface area contributed by atoms with E-state index in [1.807, 2.05) is 25.3 Å². The predicted molar refractivity (Wildman–Crippen MR) is 79.3 cm³/mol. The molecule has 4 nitrogen and oxygen atoms in total. The van der Waals surface area contributed by atoms with Crippen LogP contribution < -0.4 is 10.6 Å². The number of rotatable bonds is 7. The quantitative estimate of drug-likeness (QED) is 0.801. The zero-order chi connectivity index (χ0) is 14.1. The van der Waals surface area contributed by atoms with Crippen molar-refractivity contribution in [1.29, 1.82) is 0 Å². The van der Waals surface area contributed by atoms with Crippen molar-refractivity contribution >= 4 is 23.6 Å². The van der Waals surface area contributed by atoms with Crippen LogP contribution in [0.15, 0.2) is 24.3 Å². The van der Waals surface area contributed by atoms with Gasteiger partial charge in [0, 0.05) is 17.9 Å². The van der Waals surface area contributed by atoms with Gasteiger partial charge in [-0.05, 0) is 30.4 Å². The van der Waals surface area contributed by atoms with Gasteiger partial charge >= 0.3 is 0 Å². The van der Waals surface area contributed by atoms with Gasteiger partial charge in [-0.25, -0.2) is 0 Å². The van der Waals surface area contributed by atoms with Gasteiger partial charge in [0.2, 0.25) is 5.91 Å². The highest BCUT2D eigenvalue weighted by Gasteiger charge is 2.07. The molecular weight excluding hydrogens is 260 g/mol. The van der Waals surface area contributed by atoms with Gasteiger partial charge in [-0.15, -0.1) is 0 Å². The second kappa shape index (κ2) is 8.58. The molecule has 0 aliphatic rings. The van der Waals surface area contributed by atoms with Gasteiger partial charge in [-0.3, -0.25) is 9.59 Å². The van der Waals surface area contributed by atoms with E-state index in [1.54, 1.807) is 23.9 Å². The minimum absolute atomic E-state index is 0.0192. The molecule has 1 aromatic rings. The minimum atomic E-state index is -0.220. The largest absolute Gasteiger partial charge is 0.355 e. The summed E-state index contributed by atoms with van der Waals surface area (Å²) in [5, 5.41) is 5.31. The fourth-order valence-electron chi connectivity index (χ4n) is 1.51. The Hall–Kier alpha value is -1.49. The normalized spacial score (nSPS) is 10.0. The summed E-state index contributed by atoms with van der Waals surface area (Å²) in [6.07, 6.45) is 2.92. The average molecular weight is 280 g/mol. The van der Waals surface area contributed by atoms with E-state index >= 15 is 0 Å². The lowest BCUT2D eigenvalue weighted by molar-refractivity contribution is -0.120. The maximum atomic E-state index is 11.8. The van der Waals surface area contributed by atoms with Crippen molar-refractivity contribution in [2.45, 2.75) is 19.1 Å². The maximum Gasteiger partial charge on any atom is 0.251 e. The fourth-order valence-corrected chi connectivity index (χ4v) is 2.03. The lowest BCUT2D eigenvalue weighted by atomic mass is 10.1. The van der Waals surface area contributed by atoms with E-state index in [0.29, 0.717) is 12.1 Å². The first kappa shape index (κ1) is 15.6. The number of amides is 2. The van der Waals surface area contributed by atoms with Gasteiger partial charge < -0.3 is 10.6 Å². The highest BCUT2D eigenvalue weighted by molar-refractivity contribution is 7.97. The molecule has 0 spiro atoms. The van der Waals surface area contributed by atoms with Gasteiger partial charge in [-0.2, -0.15) is 11.8 Å². The van der Waals surface area contributed by atoms with Crippen LogP contribution >= 0.6 is 11.8 Å². The van der Waals surface area contributed by atoms with E-state index in [1.165, 1.54) is 5.56 Å². The Labute approximate surface area is 118 Å². The molecule has 19 heavy (non-hydrogen) atoms. The fraction of sp³-hybridized carbons (Fsp3) is 0.429. The molecule has 0 aliphatic heterocycles. The standard InChI is InChI=1S/C14H20N2O2S/c1-3-8-15-13(17)9-16-14(18)12-6-4-11(5-7-12)10-19-2/h4-7H,3,8-10H2,1-2H3,(H,15,17)(H,16,18). The van der Waals surface area contributed by atoms with Crippen LogP contribution in [0.1, 0.15) is 29.3 Å². The number of carbonyl (C=O) groups is 2. The molecule has 0 bridgehead atoms. The monoisotopic (exact) mass is 280 g/mol. The molecule has 1 aromatic carbocycles. The van der Waals surface area contributed by atoms with Crippen LogP contribution in [0.2, 0.25) is 0 Å². The van der Waals surface area contributed by atoms with Gasteiger partial charge in [-0.1, -0.05) is 19.1 Å². The number of hydrogen-bond acceptors (Lipinski definition) is 3. The first-order chi connectivity index (χ1) is 9.17. The maximum absolute atomic E-state index is 11.8. The Balaban J connectivity index is 2.42. The Bertz CT molecular complexity index is 418. The van der Waals surface area contributed by atoms with Crippen molar-refractivity contribution in [3.05, 3.63) is 35.4 Å². The van der Waals surface area contributed by atoms with Crippen LogP contribution in [0.25, 0.3) is 0 Å². The number of benzene rings is 1. The minimum Gasteiger partial charge on any atom is -0.355 e. The van der Waals surface area contributed by atoms with Crippen LogP contribution in [-0.4, -0.2) is 31.2 Å². The Kier molecular flexibility index (Phi) is 7.03. The summed E-state index contributed by atoms with van der Waals surface area (Å²) in [6, 6.07) is 7.43. The summed E-state index contributed by atoms with van der Waals surface area (Å²) in [7, 11) is 0. The molecule has 1 rings (SSSR count).